The normalized spacial score (nSPS) is 15.8. The second-order valence-electron chi connectivity index (χ2n) is 4.89. The van der Waals surface area contributed by atoms with Gasteiger partial charge in [0.05, 0.1) is 0 Å². The average Bonchev–Trinajstić information content (AvgIpc) is 2.48. The van der Waals surface area contributed by atoms with E-state index in [-0.39, 0.29) is 16.3 Å². The van der Waals surface area contributed by atoms with Gasteiger partial charge in [-0.1, -0.05) is 42.5 Å². The van der Waals surface area contributed by atoms with Crippen LogP contribution in [0, 0.1) is 0 Å². The maximum atomic E-state index is 11.2. The van der Waals surface area contributed by atoms with Crippen molar-refractivity contribution in [2.45, 2.75) is 5.75 Å². The Kier molecular flexibility index (Phi) is 3.66. The van der Waals surface area contributed by atoms with E-state index in [4.69, 9.17) is 0 Å². The quantitative estimate of drug-likeness (QED) is 0.757. The highest BCUT2D eigenvalue weighted by Gasteiger charge is 2.05. The highest BCUT2D eigenvalue weighted by molar-refractivity contribution is 8.15. The zero-order chi connectivity index (χ0) is 13.9. The molecular formula is C18H16OS. The number of benzene rings is 2. The Hall–Kier alpha value is -1.93. The molecule has 0 fully saturated rings. The molecule has 100 valence electrons. The molecule has 1 aliphatic carbocycles. The summed E-state index contributed by atoms with van der Waals surface area (Å²) in [5.41, 5.74) is 1.38. The Morgan fingerprint density at radius 1 is 0.900 bits per heavy atom. The molecule has 1 nitrogen and oxygen atoms in total. The summed E-state index contributed by atoms with van der Waals surface area (Å²) in [5, 5.41) is 2.62. The van der Waals surface area contributed by atoms with Gasteiger partial charge in [-0.15, -0.1) is 0 Å². The molecule has 1 unspecified atom stereocenters. The highest BCUT2D eigenvalue weighted by Crippen LogP contribution is 2.26. The Labute approximate surface area is 121 Å². The summed E-state index contributed by atoms with van der Waals surface area (Å²) in [4.78, 5) is 12.4. The Bertz CT molecular complexity index is 743. The lowest BCUT2D eigenvalue weighted by Crippen LogP contribution is -2.00. The molecule has 20 heavy (non-hydrogen) atoms. The number of rotatable bonds is 2. The standard InChI is InChI=1S/C18H16OS/c1-20(17-11-9-16(19)10-12-17)13-15-7-4-6-14-5-2-3-8-18(14)15/h2-12H,13H2,1H3. The predicted molar refractivity (Wildman–Crippen MR) is 89.5 cm³/mol. The predicted octanol–water partition coefficient (Wildman–Crippen LogP) is 4.11. The first-order valence-electron chi connectivity index (χ1n) is 6.60. The summed E-state index contributed by atoms with van der Waals surface area (Å²) in [5.74, 6) is 1.09. The van der Waals surface area contributed by atoms with Crippen molar-refractivity contribution in [3.8, 4) is 0 Å². The van der Waals surface area contributed by atoms with Crippen LogP contribution in [0.4, 0.5) is 0 Å². The number of fused-ring (bicyclic) bond motifs is 1. The molecule has 0 bridgehead atoms. The van der Waals surface area contributed by atoms with Crippen LogP contribution >= 0.6 is 10.5 Å². The zero-order valence-corrected chi connectivity index (χ0v) is 12.2. The molecule has 3 rings (SSSR count). The van der Waals surface area contributed by atoms with Gasteiger partial charge in [0.1, 0.15) is 0 Å². The molecule has 2 aromatic rings. The van der Waals surface area contributed by atoms with Gasteiger partial charge >= 0.3 is 0 Å². The Morgan fingerprint density at radius 2 is 1.60 bits per heavy atom. The second-order valence-corrected chi connectivity index (χ2v) is 6.93. The molecule has 0 aliphatic heterocycles. The molecule has 0 spiro atoms. The second kappa shape index (κ2) is 5.59. The highest BCUT2D eigenvalue weighted by atomic mass is 32.2. The maximum Gasteiger partial charge on any atom is 0.178 e. The number of hydrogen-bond acceptors (Lipinski definition) is 1. The minimum atomic E-state index is 0.0795. The van der Waals surface area contributed by atoms with Crippen molar-refractivity contribution < 1.29 is 4.79 Å². The van der Waals surface area contributed by atoms with Crippen LogP contribution in [0.15, 0.2) is 66.8 Å². The molecule has 0 radical (unpaired) electrons. The summed E-state index contributed by atoms with van der Waals surface area (Å²) in [6, 6.07) is 15.0. The van der Waals surface area contributed by atoms with Gasteiger partial charge in [0.25, 0.3) is 0 Å². The lowest BCUT2D eigenvalue weighted by Gasteiger charge is -2.11. The fraction of sp³-hybridized carbons (Fsp3) is 0.111. The molecule has 0 aromatic heterocycles. The average molecular weight is 280 g/mol. The van der Waals surface area contributed by atoms with Gasteiger partial charge in [0.2, 0.25) is 0 Å². The summed E-state index contributed by atoms with van der Waals surface area (Å²) < 4.78 is 0. The van der Waals surface area contributed by atoms with Crippen LogP contribution in [0.2, 0.25) is 0 Å². The molecule has 0 saturated heterocycles. The van der Waals surface area contributed by atoms with Crippen LogP contribution in [-0.4, -0.2) is 16.9 Å². The monoisotopic (exact) mass is 280 g/mol. The van der Waals surface area contributed by atoms with E-state index in [0.717, 1.165) is 5.75 Å². The van der Waals surface area contributed by atoms with Gasteiger partial charge in [0, 0.05) is 5.75 Å². The molecule has 2 heteroatoms. The summed E-state index contributed by atoms with van der Waals surface area (Å²) in [6.45, 7) is 0. The van der Waals surface area contributed by atoms with Crippen molar-refractivity contribution in [2.24, 2.45) is 0 Å². The molecule has 0 N–H and O–H groups in total. The van der Waals surface area contributed by atoms with Crippen molar-refractivity contribution in [3.63, 3.8) is 0 Å². The lowest BCUT2D eigenvalue weighted by molar-refractivity contribution is -0.110. The van der Waals surface area contributed by atoms with Crippen molar-refractivity contribution in [3.05, 3.63) is 72.3 Å². The van der Waals surface area contributed by atoms with E-state index in [9.17, 15) is 4.79 Å². The van der Waals surface area contributed by atoms with Gasteiger partial charge in [-0.05, 0) is 51.8 Å². The first-order valence-corrected chi connectivity index (χ1v) is 8.40. The van der Waals surface area contributed by atoms with E-state index in [0.29, 0.717) is 0 Å². The van der Waals surface area contributed by atoms with E-state index >= 15 is 0 Å². The van der Waals surface area contributed by atoms with E-state index in [1.165, 1.54) is 21.2 Å². The molecule has 1 atom stereocenters. The first kappa shape index (κ1) is 13.1. The minimum absolute atomic E-state index is 0.0795. The van der Waals surface area contributed by atoms with Crippen LogP contribution in [-0.2, 0) is 10.5 Å². The maximum absolute atomic E-state index is 11.2. The third-order valence-corrected chi connectivity index (χ3v) is 5.30. The topological polar surface area (TPSA) is 17.1 Å². The molecule has 0 heterocycles. The lowest BCUT2D eigenvalue weighted by atomic mass is 10.1. The fourth-order valence-electron chi connectivity index (χ4n) is 2.41. The molecule has 1 aliphatic rings. The summed E-state index contributed by atoms with van der Waals surface area (Å²) >= 11 is 0. The van der Waals surface area contributed by atoms with Gasteiger partial charge in [-0.25, -0.2) is 0 Å². The van der Waals surface area contributed by atoms with Gasteiger partial charge < -0.3 is 0 Å². The van der Waals surface area contributed by atoms with Crippen molar-refractivity contribution in [1.82, 2.24) is 0 Å². The molecule has 0 saturated carbocycles. The van der Waals surface area contributed by atoms with E-state index in [2.05, 4.69) is 48.7 Å². The summed E-state index contributed by atoms with van der Waals surface area (Å²) in [6.07, 6.45) is 9.46. The SMILES string of the molecule is CS(Cc1cccc2ccccc12)=C1C=CC(=O)C=C1. The van der Waals surface area contributed by atoms with Gasteiger partial charge in [-0.3, -0.25) is 4.79 Å². The number of carbonyl (C=O) groups excluding carboxylic acids is 1. The van der Waals surface area contributed by atoms with E-state index in [1.807, 2.05) is 12.2 Å². The molecular weight excluding hydrogens is 264 g/mol. The molecule has 0 amide bonds. The van der Waals surface area contributed by atoms with Crippen LogP contribution in [0.3, 0.4) is 0 Å². The zero-order valence-electron chi connectivity index (χ0n) is 11.4. The number of ketones is 1. The van der Waals surface area contributed by atoms with Crippen LogP contribution in [0.5, 0.6) is 0 Å². The smallest absolute Gasteiger partial charge is 0.178 e. The van der Waals surface area contributed by atoms with E-state index in [1.54, 1.807) is 12.2 Å². The van der Waals surface area contributed by atoms with Crippen LogP contribution in [0.1, 0.15) is 5.56 Å². The third kappa shape index (κ3) is 2.66. The Balaban J connectivity index is 1.98. The number of allylic oxidation sites excluding steroid dienone is 4. The minimum Gasteiger partial charge on any atom is -0.290 e. The Morgan fingerprint density at radius 3 is 2.40 bits per heavy atom. The van der Waals surface area contributed by atoms with E-state index < -0.39 is 0 Å². The van der Waals surface area contributed by atoms with Crippen molar-refractivity contribution in [2.75, 3.05) is 6.26 Å². The largest absolute Gasteiger partial charge is 0.290 e. The van der Waals surface area contributed by atoms with Crippen LogP contribution < -0.4 is 0 Å². The third-order valence-electron chi connectivity index (χ3n) is 3.48. The van der Waals surface area contributed by atoms with Gasteiger partial charge in [-0.2, -0.15) is 10.5 Å². The first-order chi connectivity index (χ1) is 9.74. The number of carbonyl (C=O) groups is 1. The fourth-order valence-corrected chi connectivity index (χ4v) is 3.89. The number of hydrogen-bond donors (Lipinski definition) is 0. The molecule has 2 aromatic carbocycles. The van der Waals surface area contributed by atoms with Crippen molar-refractivity contribution >= 4 is 31.9 Å². The van der Waals surface area contributed by atoms with Gasteiger partial charge in [0.15, 0.2) is 5.78 Å². The van der Waals surface area contributed by atoms with Crippen LogP contribution in [0.25, 0.3) is 10.8 Å². The summed E-state index contributed by atoms with van der Waals surface area (Å²) in [7, 11) is 0.112. The van der Waals surface area contributed by atoms with Crippen molar-refractivity contribution in [1.29, 1.82) is 0 Å².